The number of hydrogen-bond acceptors (Lipinski definition) is 4. The van der Waals surface area contributed by atoms with Gasteiger partial charge in [-0.05, 0) is 12.8 Å². The molecule has 0 unspecified atom stereocenters. The first kappa shape index (κ1) is 13.6. The summed E-state index contributed by atoms with van der Waals surface area (Å²) >= 11 is 0. The van der Waals surface area contributed by atoms with Gasteiger partial charge in [-0.25, -0.2) is 0 Å². The molecule has 104 valence electrons. The number of aliphatic hydroxyl groups is 1. The standard InChI is InChI=1S/C12H24N4O2/c1-13-12(15-10-8-11(17)9-10)14-2-3-16-4-6-18-7-5-16/h10-11,17H,2-9H2,1H3,(H2,13,14,15). The van der Waals surface area contributed by atoms with Crippen LogP contribution in [0.4, 0.5) is 0 Å². The highest BCUT2D eigenvalue weighted by molar-refractivity contribution is 5.80. The molecule has 2 rings (SSSR count). The molecule has 0 aromatic carbocycles. The zero-order valence-electron chi connectivity index (χ0n) is 11.1. The molecule has 2 fully saturated rings. The number of aliphatic hydroxyl groups excluding tert-OH is 1. The fraction of sp³-hybridized carbons (Fsp3) is 0.917. The number of guanidine groups is 1. The summed E-state index contributed by atoms with van der Waals surface area (Å²) in [4.78, 5) is 6.57. The molecule has 1 saturated heterocycles. The summed E-state index contributed by atoms with van der Waals surface area (Å²) in [5.74, 6) is 0.833. The lowest BCUT2D eigenvalue weighted by Crippen LogP contribution is -2.52. The Morgan fingerprint density at radius 2 is 2.11 bits per heavy atom. The molecule has 0 atom stereocenters. The van der Waals surface area contributed by atoms with Crippen molar-refractivity contribution in [2.75, 3.05) is 46.4 Å². The van der Waals surface area contributed by atoms with E-state index < -0.39 is 0 Å². The molecule has 18 heavy (non-hydrogen) atoms. The van der Waals surface area contributed by atoms with Crippen LogP contribution in [0.2, 0.25) is 0 Å². The summed E-state index contributed by atoms with van der Waals surface area (Å²) in [6.45, 7) is 5.61. The summed E-state index contributed by atoms with van der Waals surface area (Å²) in [5.41, 5.74) is 0. The van der Waals surface area contributed by atoms with E-state index in [0.717, 1.165) is 58.2 Å². The van der Waals surface area contributed by atoms with Crippen molar-refractivity contribution in [2.45, 2.75) is 25.0 Å². The molecule has 3 N–H and O–H groups in total. The van der Waals surface area contributed by atoms with Crippen LogP contribution in [0, 0.1) is 0 Å². The van der Waals surface area contributed by atoms with Crippen molar-refractivity contribution in [3.8, 4) is 0 Å². The quantitative estimate of drug-likeness (QED) is 0.445. The predicted octanol–water partition coefficient (Wildman–Crippen LogP) is -0.993. The molecule has 1 heterocycles. The van der Waals surface area contributed by atoms with Crippen molar-refractivity contribution < 1.29 is 9.84 Å². The van der Waals surface area contributed by atoms with E-state index in [1.807, 2.05) is 0 Å². The van der Waals surface area contributed by atoms with Gasteiger partial charge in [0, 0.05) is 39.3 Å². The minimum Gasteiger partial charge on any atom is -0.393 e. The number of morpholine rings is 1. The van der Waals surface area contributed by atoms with Gasteiger partial charge in [0.25, 0.3) is 0 Å². The largest absolute Gasteiger partial charge is 0.393 e. The van der Waals surface area contributed by atoms with E-state index >= 15 is 0 Å². The van der Waals surface area contributed by atoms with Crippen LogP contribution >= 0.6 is 0 Å². The second-order valence-electron chi connectivity index (χ2n) is 4.92. The van der Waals surface area contributed by atoms with Crippen LogP contribution in [0.1, 0.15) is 12.8 Å². The molecular formula is C12H24N4O2. The Bertz CT molecular complexity index is 273. The first-order chi connectivity index (χ1) is 8.78. The van der Waals surface area contributed by atoms with Gasteiger partial charge in [-0.2, -0.15) is 0 Å². The van der Waals surface area contributed by atoms with E-state index in [1.54, 1.807) is 7.05 Å². The van der Waals surface area contributed by atoms with Gasteiger partial charge >= 0.3 is 0 Å². The molecule has 6 heteroatoms. The third-order valence-electron chi connectivity index (χ3n) is 3.50. The van der Waals surface area contributed by atoms with E-state index in [-0.39, 0.29) is 6.10 Å². The minimum absolute atomic E-state index is 0.131. The second kappa shape index (κ2) is 6.92. The summed E-state index contributed by atoms with van der Waals surface area (Å²) in [6.07, 6.45) is 1.52. The van der Waals surface area contributed by atoms with Gasteiger partial charge in [-0.1, -0.05) is 0 Å². The summed E-state index contributed by atoms with van der Waals surface area (Å²) in [6, 6.07) is 0.370. The van der Waals surface area contributed by atoms with Crippen LogP contribution in [-0.2, 0) is 4.74 Å². The molecule has 0 aromatic heterocycles. The van der Waals surface area contributed by atoms with Gasteiger partial charge in [0.2, 0.25) is 0 Å². The van der Waals surface area contributed by atoms with E-state index in [0.29, 0.717) is 6.04 Å². The highest BCUT2D eigenvalue weighted by Crippen LogP contribution is 2.18. The fourth-order valence-corrected chi connectivity index (χ4v) is 2.25. The predicted molar refractivity (Wildman–Crippen MR) is 70.8 cm³/mol. The van der Waals surface area contributed by atoms with Crippen molar-refractivity contribution in [3.63, 3.8) is 0 Å². The Morgan fingerprint density at radius 3 is 2.72 bits per heavy atom. The number of nitrogens with zero attached hydrogens (tertiary/aromatic N) is 2. The number of hydrogen-bond donors (Lipinski definition) is 3. The topological polar surface area (TPSA) is 69.1 Å². The second-order valence-corrected chi connectivity index (χ2v) is 4.92. The van der Waals surface area contributed by atoms with Crippen LogP contribution in [0.15, 0.2) is 4.99 Å². The van der Waals surface area contributed by atoms with Crippen LogP contribution in [0.5, 0.6) is 0 Å². The maximum Gasteiger partial charge on any atom is 0.191 e. The SMILES string of the molecule is CN=C(NCCN1CCOCC1)NC1CC(O)C1. The third-order valence-corrected chi connectivity index (χ3v) is 3.50. The lowest BCUT2D eigenvalue weighted by atomic mass is 9.90. The summed E-state index contributed by atoms with van der Waals surface area (Å²) in [5, 5.41) is 15.8. The zero-order valence-corrected chi connectivity index (χ0v) is 11.1. The number of rotatable bonds is 4. The van der Waals surface area contributed by atoms with Gasteiger partial charge in [0.1, 0.15) is 0 Å². The van der Waals surface area contributed by atoms with Gasteiger partial charge < -0.3 is 20.5 Å². The maximum atomic E-state index is 9.23. The summed E-state index contributed by atoms with van der Waals surface area (Å²) in [7, 11) is 1.78. The van der Waals surface area contributed by atoms with Gasteiger partial charge in [0.05, 0.1) is 19.3 Å². The van der Waals surface area contributed by atoms with Crippen LogP contribution < -0.4 is 10.6 Å². The summed E-state index contributed by atoms with van der Waals surface area (Å²) < 4.78 is 5.31. The lowest BCUT2D eigenvalue weighted by molar-refractivity contribution is 0.0388. The van der Waals surface area contributed by atoms with E-state index in [4.69, 9.17) is 4.74 Å². The van der Waals surface area contributed by atoms with Crippen molar-refractivity contribution in [2.24, 2.45) is 4.99 Å². The van der Waals surface area contributed by atoms with Crippen molar-refractivity contribution in [3.05, 3.63) is 0 Å². The highest BCUT2D eigenvalue weighted by atomic mass is 16.5. The number of nitrogens with one attached hydrogen (secondary N) is 2. The first-order valence-electron chi connectivity index (χ1n) is 6.73. The Kier molecular flexibility index (Phi) is 5.22. The fourth-order valence-electron chi connectivity index (χ4n) is 2.25. The Labute approximate surface area is 108 Å². The molecule has 0 aromatic rings. The Balaban J connectivity index is 1.58. The maximum absolute atomic E-state index is 9.23. The average molecular weight is 256 g/mol. The molecule has 1 saturated carbocycles. The molecule has 0 radical (unpaired) electrons. The minimum atomic E-state index is -0.131. The molecule has 1 aliphatic heterocycles. The Morgan fingerprint density at radius 1 is 1.39 bits per heavy atom. The van der Waals surface area contributed by atoms with Crippen molar-refractivity contribution >= 4 is 5.96 Å². The lowest BCUT2D eigenvalue weighted by Gasteiger charge is -2.33. The number of ether oxygens (including phenoxy) is 1. The number of aliphatic imine (C=N–C) groups is 1. The van der Waals surface area contributed by atoms with Gasteiger partial charge in [-0.15, -0.1) is 0 Å². The molecular weight excluding hydrogens is 232 g/mol. The van der Waals surface area contributed by atoms with E-state index in [9.17, 15) is 5.11 Å². The molecule has 1 aliphatic carbocycles. The Hall–Kier alpha value is -0.850. The van der Waals surface area contributed by atoms with Crippen molar-refractivity contribution in [1.82, 2.24) is 15.5 Å². The molecule has 0 spiro atoms. The normalized spacial score (nSPS) is 29.8. The molecule has 2 aliphatic rings. The van der Waals surface area contributed by atoms with Crippen molar-refractivity contribution in [1.29, 1.82) is 0 Å². The monoisotopic (exact) mass is 256 g/mol. The third kappa shape index (κ3) is 4.12. The van der Waals surface area contributed by atoms with Crippen LogP contribution in [-0.4, -0.2) is 74.6 Å². The van der Waals surface area contributed by atoms with Gasteiger partial charge in [-0.3, -0.25) is 9.89 Å². The smallest absolute Gasteiger partial charge is 0.191 e. The zero-order chi connectivity index (χ0) is 12.8. The molecule has 0 amide bonds. The van der Waals surface area contributed by atoms with E-state index in [1.165, 1.54) is 0 Å². The van der Waals surface area contributed by atoms with Crippen LogP contribution in [0.25, 0.3) is 0 Å². The molecule has 0 bridgehead atoms. The molecule has 6 nitrogen and oxygen atoms in total. The van der Waals surface area contributed by atoms with Crippen LogP contribution in [0.3, 0.4) is 0 Å². The average Bonchev–Trinajstić information content (AvgIpc) is 2.36. The first-order valence-corrected chi connectivity index (χ1v) is 6.73. The van der Waals surface area contributed by atoms with E-state index in [2.05, 4.69) is 20.5 Å². The van der Waals surface area contributed by atoms with Gasteiger partial charge in [0.15, 0.2) is 5.96 Å². The highest BCUT2D eigenvalue weighted by Gasteiger charge is 2.27.